The van der Waals surface area contributed by atoms with Gasteiger partial charge in [-0.1, -0.05) is 30.3 Å². The lowest BCUT2D eigenvalue weighted by Gasteiger charge is -2.11. The van der Waals surface area contributed by atoms with Gasteiger partial charge >= 0.3 is 17.9 Å². The summed E-state index contributed by atoms with van der Waals surface area (Å²) in [5.74, 6) is -2.59. The number of rotatable bonds is 5. The number of hydrogen-bond acceptors (Lipinski definition) is 6. The Kier molecular flexibility index (Phi) is 5.30. The van der Waals surface area contributed by atoms with E-state index in [2.05, 4.69) is 0 Å². The average Bonchev–Trinajstić information content (AvgIpc) is 2.90. The predicted octanol–water partition coefficient (Wildman–Crippen LogP) is 2.01. The molecule has 0 radical (unpaired) electrons. The van der Waals surface area contributed by atoms with Crippen LogP contribution in [0.25, 0.3) is 5.57 Å². The minimum Gasteiger partial charge on any atom is -0.462 e. The Hall–Kier alpha value is -2.89. The SMILES string of the molecule is CCOC(=O)C(C(=O)OCC)=C1OC(=O)C=C1c1ccccc1. The second-order valence-corrected chi connectivity index (χ2v) is 4.49. The van der Waals surface area contributed by atoms with Crippen LogP contribution in [0.3, 0.4) is 0 Å². The maximum absolute atomic E-state index is 12.1. The van der Waals surface area contributed by atoms with Crippen LogP contribution >= 0.6 is 0 Å². The largest absolute Gasteiger partial charge is 0.462 e. The molecule has 0 unspecified atom stereocenters. The minimum atomic E-state index is -0.891. The Labute approximate surface area is 133 Å². The van der Waals surface area contributed by atoms with Gasteiger partial charge in [-0.25, -0.2) is 14.4 Å². The van der Waals surface area contributed by atoms with Crippen molar-refractivity contribution in [3.63, 3.8) is 0 Å². The van der Waals surface area contributed by atoms with E-state index in [0.717, 1.165) is 0 Å². The van der Waals surface area contributed by atoms with E-state index in [1.165, 1.54) is 6.08 Å². The number of allylic oxidation sites excluding steroid dienone is 1. The number of benzene rings is 1. The van der Waals surface area contributed by atoms with Crippen LogP contribution in [0.15, 0.2) is 47.7 Å². The van der Waals surface area contributed by atoms with Crippen molar-refractivity contribution >= 4 is 23.5 Å². The molecule has 1 aliphatic rings. The Morgan fingerprint density at radius 3 is 2.09 bits per heavy atom. The number of hydrogen-bond donors (Lipinski definition) is 0. The van der Waals surface area contributed by atoms with Gasteiger partial charge in [0.15, 0.2) is 11.3 Å². The van der Waals surface area contributed by atoms with Crippen LogP contribution in [-0.4, -0.2) is 31.1 Å². The number of carbonyl (C=O) groups is 3. The van der Waals surface area contributed by atoms with E-state index in [-0.39, 0.29) is 19.0 Å². The molecule has 0 amide bonds. The van der Waals surface area contributed by atoms with Gasteiger partial charge in [0.05, 0.1) is 13.2 Å². The van der Waals surface area contributed by atoms with E-state index in [0.29, 0.717) is 11.1 Å². The molecule has 0 saturated heterocycles. The fourth-order valence-electron chi connectivity index (χ4n) is 2.06. The average molecular weight is 316 g/mol. The van der Waals surface area contributed by atoms with Crippen molar-refractivity contribution < 1.29 is 28.6 Å². The highest BCUT2D eigenvalue weighted by molar-refractivity contribution is 6.18. The molecule has 23 heavy (non-hydrogen) atoms. The lowest BCUT2D eigenvalue weighted by atomic mass is 10.0. The zero-order valence-electron chi connectivity index (χ0n) is 12.8. The summed E-state index contributed by atoms with van der Waals surface area (Å²) in [7, 11) is 0. The first-order valence-corrected chi connectivity index (χ1v) is 7.16. The first kappa shape index (κ1) is 16.5. The van der Waals surface area contributed by atoms with Gasteiger partial charge < -0.3 is 14.2 Å². The monoisotopic (exact) mass is 316 g/mol. The second-order valence-electron chi connectivity index (χ2n) is 4.49. The Balaban J connectivity index is 2.55. The van der Waals surface area contributed by atoms with Gasteiger partial charge in [-0.3, -0.25) is 0 Å². The molecular weight excluding hydrogens is 300 g/mol. The highest BCUT2D eigenvalue weighted by Crippen LogP contribution is 2.32. The summed E-state index contributed by atoms with van der Waals surface area (Å²) in [6.07, 6.45) is 1.23. The molecule has 1 aromatic carbocycles. The lowest BCUT2D eigenvalue weighted by molar-refractivity contribution is -0.147. The quantitative estimate of drug-likeness (QED) is 0.272. The third-order valence-electron chi connectivity index (χ3n) is 2.98. The summed E-state index contributed by atoms with van der Waals surface area (Å²) >= 11 is 0. The highest BCUT2D eigenvalue weighted by Gasteiger charge is 2.34. The lowest BCUT2D eigenvalue weighted by Crippen LogP contribution is -2.21. The molecule has 6 heteroatoms. The van der Waals surface area contributed by atoms with E-state index in [1.807, 2.05) is 6.07 Å². The molecule has 0 saturated carbocycles. The molecule has 0 aliphatic carbocycles. The van der Waals surface area contributed by atoms with Crippen LogP contribution in [0, 0.1) is 0 Å². The van der Waals surface area contributed by atoms with Gasteiger partial charge in [0.1, 0.15) is 0 Å². The molecule has 0 aromatic heterocycles. The van der Waals surface area contributed by atoms with E-state index < -0.39 is 23.5 Å². The van der Waals surface area contributed by atoms with Crippen LogP contribution in [0.2, 0.25) is 0 Å². The van der Waals surface area contributed by atoms with E-state index >= 15 is 0 Å². The first-order chi connectivity index (χ1) is 11.1. The fraction of sp³-hybridized carbons (Fsp3) is 0.235. The smallest absolute Gasteiger partial charge is 0.349 e. The zero-order valence-corrected chi connectivity index (χ0v) is 12.8. The van der Waals surface area contributed by atoms with Crippen LogP contribution < -0.4 is 0 Å². The summed E-state index contributed by atoms with van der Waals surface area (Å²) in [6, 6.07) is 8.82. The van der Waals surface area contributed by atoms with Gasteiger partial charge in [-0.15, -0.1) is 0 Å². The maximum atomic E-state index is 12.1. The predicted molar refractivity (Wildman–Crippen MR) is 80.8 cm³/mol. The zero-order chi connectivity index (χ0) is 16.8. The van der Waals surface area contributed by atoms with Crippen LogP contribution in [0.1, 0.15) is 19.4 Å². The molecule has 6 nitrogen and oxygen atoms in total. The van der Waals surface area contributed by atoms with Crippen molar-refractivity contribution in [1.29, 1.82) is 0 Å². The maximum Gasteiger partial charge on any atom is 0.349 e. The fourth-order valence-corrected chi connectivity index (χ4v) is 2.06. The highest BCUT2D eigenvalue weighted by atomic mass is 16.6. The van der Waals surface area contributed by atoms with Gasteiger partial charge in [0.2, 0.25) is 0 Å². The molecular formula is C17H16O6. The van der Waals surface area contributed by atoms with Crippen molar-refractivity contribution in [1.82, 2.24) is 0 Å². The minimum absolute atomic E-state index is 0.0767. The molecule has 0 fully saturated rings. The third-order valence-corrected chi connectivity index (χ3v) is 2.98. The van der Waals surface area contributed by atoms with Crippen LogP contribution in [0.4, 0.5) is 0 Å². The molecule has 0 atom stereocenters. The van der Waals surface area contributed by atoms with Gasteiger partial charge in [-0.2, -0.15) is 0 Å². The molecule has 0 bridgehead atoms. The molecule has 1 aliphatic heterocycles. The summed E-state index contributed by atoms with van der Waals surface area (Å²) in [6.45, 7) is 3.38. The molecule has 2 rings (SSSR count). The van der Waals surface area contributed by atoms with Crippen molar-refractivity contribution in [3.05, 3.63) is 53.3 Å². The summed E-state index contributed by atoms with van der Waals surface area (Å²) in [4.78, 5) is 35.9. The van der Waals surface area contributed by atoms with Crippen LogP contribution in [0.5, 0.6) is 0 Å². The Bertz CT molecular complexity index is 664. The molecule has 0 N–H and O–H groups in total. The number of cyclic esters (lactones) is 1. The van der Waals surface area contributed by atoms with E-state index in [9.17, 15) is 14.4 Å². The van der Waals surface area contributed by atoms with Crippen molar-refractivity contribution in [2.45, 2.75) is 13.8 Å². The molecule has 1 aromatic rings. The van der Waals surface area contributed by atoms with Crippen molar-refractivity contribution in [2.75, 3.05) is 13.2 Å². The Morgan fingerprint density at radius 1 is 1.00 bits per heavy atom. The topological polar surface area (TPSA) is 78.9 Å². The van der Waals surface area contributed by atoms with Gasteiger partial charge in [0.25, 0.3) is 0 Å². The third kappa shape index (κ3) is 3.66. The van der Waals surface area contributed by atoms with E-state index in [1.54, 1.807) is 38.1 Å². The summed E-state index contributed by atoms with van der Waals surface area (Å²) in [5.41, 5.74) is 0.556. The summed E-state index contributed by atoms with van der Waals surface area (Å²) < 4.78 is 14.8. The van der Waals surface area contributed by atoms with E-state index in [4.69, 9.17) is 14.2 Å². The second kappa shape index (κ2) is 7.40. The molecule has 120 valence electrons. The Morgan fingerprint density at radius 2 is 1.57 bits per heavy atom. The number of carbonyl (C=O) groups excluding carboxylic acids is 3. The molecule has 0 spiro atoms. The molecule has 1 heterocycles. The normalized spacial score (nSPS) is 13.2. The summed E-state index contributed by atoms with van der Waals surface area (Å²) in [5, 5.41) is 0. The first-order valence-electron chi connectivity index (χ1n) is 7.16. The number of ether oxygens (including phenoxy) is 3. The van der Waals surface area contributed by atoms with Crippen molar-refractivity contribution in [2.24, 2.45) is 0 Å². The van der Waals surface area contributed by atoms with Crippen LogP contribution in [-0.2, 0) is 28.6 Å². The van der Waals surface area contributed by atoms with Crippen molar-refractivity contribution in [3.8, 4) is 0 Å². The standard InChI is InChI=1S/C17H16O6/c1-3-21-16(19)14(17(20)22-4-2)15-12(10-13(18)23-15)11-8-6-5-7-9-11/h5-10H,3-4H2,1-2H3. The van der Waals surface area contributed by atoms with Gasteiger partial charge in [0, 0.05) is 11.6 Å². The number of esters is 3. The van der Waals surface area contributed by atoms with Gasteiger partial charge in [-0.05, 0) is 19.4 Å².